The van der Waals surface area contributed by atoms with Gasteiger partial charge in [-0.2, -0.15) is 5.21 Å². The van der Waals surface area contributed by atoms with Crippen LogP contribution < -0.4 is 0 Å². The molecule has 6 nitrogen and oxygen atoms in total. The lowest BCUT2D eigenvalue weighted by atomic mass is 9.79. The van der Waals surface area contributed by atoms with Gasteiger partial charge in [0, 0.05) is 0 Å². The summed E-state index contributed by atoms with van der Waals surface area (Å²) in [6.45, 7) is 0.0912. The number of hydrogen-bond donors (Lipinski definition) is 1. The Hall–Kier alpha value is -2.24. The van der Waals surface area contributed by atoms with Crippen molar-refractivity contribution in [1.82, 2.24) is 20.6 Å². The Morgan fingerprint density at radius 3 is 2.62 bits per heavy atom. The van der Waals surface area contributed by atoms with Crippen LogP contribution in [0.15, 0.2) is 30.3 Å². The SMILES string of the molecule is O=C(OCc1nn[nH]n1)C1CCC(c2ccccc2)CC1. The van der Waals surface area contributed by atoms with Crippen LogP contribution in [-0.4, -0.2) is 26.6 Å². The van der Waals surface area contributed by atoms with Crippen LogP contribution >= 0.6 is 0 Å². The molecule has 110 valence electrons. The number of nitrogens with one attached hydrogen (secondary N) is 1. The highest BCUT2D eigenvalue weighted by molar-refractivity contribution is 5.72. The maximum Gasteiger partial charge on any atom is 0.309 e. The van der Waals surface area contributed by atoms with E-state index in [-0.39, 0.29) is 18.5 Å². The number of esters is 1. The summed E-state index contributed by atoms with van der Waals surface area (Å²) in [5.41, 5.74) is 1.37. The van der Waals surface area contributed by atoms with E-state index in [1.165, 1.54) is 5.56 Å². The molecule has 0 amide bonds. The summed E-state index contributed by atoms with van der Waals surface area (Å²) >= 11 is 0. The largest absolute Gasteiger partial charge is 0.457 e. The molecular formula is C15H18N4O2. The minimum absolute atomic E-state index is 0.00290. The van der Waals surface area contributed by atoms with Gasteiger partial charge >= 0.3 is 5.97 Å². The van der Waals surface area contributed by atoms with E-state index in [0.717, 1.165) is 25.7 Å². The Morgan fingerprint density at radius 2 is 1.95 bits per heavy atom. The molecule has 21 heavy (non-hydrogen) atoms. The molecule has 0 bridgehead atoms. The van der Waals surface area contributed by atoms with Crippen molar-refractivity contribution in [3.05, 3.63) is 41.7 Å². The number of benzene rings is 1. The maximum atomic E-state index is 12.0. The van der Waals surface area contributed by atoms with Gasteiger partial charge in [-0.1, -0.05) is 35.5 Å². The van der Waals surface area contributed by atoms with E-state index in [4.69, 9.17) is 4.74 Å². The second-order valence-corrected chi connectivity index (χ2v) is 5.39. The lowest BCUT2D eigenvalue weighted by Crippen LogP contribution is -2.23. The van der Waals surface area contributed by atoms with Crippen LogP contribution in [-0.2, 0) is 16.1 Å². The summed E-state index contributed by atoms with van der Waals surface area (Å²) < 4.78 is 5.24. The van der Waals surface area contributed by atoms with E-state index < -0.39 is 0 Å². The average molecular weight is 286 g/mol. The summed E-state index contributed by atoms with van der Waals surface area (Å²) in [4.78, 5) is 12.0. The molecule has 1 heterocycles. The van der Waals surface area contributed by atoms with Gasteiger partial charge in [0.1, 0.15) is 0 Å². The van der Waals surface area contributed by atoms with E-state index in [1.54, 1.807) is 0 Å². The first kappa shape index (κ1) is 13.7. The summed E-state index contributed by atoms with van der Waals surface area (Å²) in [7, 11) is 0. The highest BCUT2D eigenvalue weighted by atomic mass is 16.5. The van der Waals surface area contributed by atoms with Gasteiger partial charge in [-0.3, -0.25) is 4.79 Å². The second-order valence-electron chi connectivity index (χ2n) is 5.39. The first-order chi connectivity index (χ1) is 10.3. The molecule has 0 radical (unpaired) electrons. The molecule has 1 aromatic carbocycles. The van der Waals surface area contributed by atoms with Crippen LogP contribution in [0.1, 0.15) is 43.0 Å². The first-order valence-electron chi connectivity index (χ1n) is 7.27. The number of hydrogen-bond acceptors (Lipinski definition) is 5. The fourth-order valence-electron chi connectivity index (χ4n) is 2.88. The summed E-state index contributed by atoms with van der Waals surface area (Å²) in [6, 6.07) is 10.5. The van der Waals surface area contributed by atoms with Crippen LogP contribution in [0.2, 0.25) is 0 Å². The van der Waals surface area contributed by atoms with Crippen molar-refractivity contribution < 1.29 is 9.53 Å². The number of ether oxygens (including phenoxy) is 1. The lowest BCUT2D eigenvalue weighted by Gasteiger charge is -2.27. The van der Waals surface area contributed by atoms with E-state index in [2.05, 4.69) is 44.9 Å². The molecule has 0 atom stereocenters. The lowest BCUT2D eigenvalue weighted by molar-refractivity contribution is -0.151. The maximum absolute atomic E-state index is 12.0. The average Bonchev–Trinajstić information content (AvgIpc) is 3.07. The number of carbonyl (C=O) groups is 1. The van der Waals surface area contributed by atoms with Crippen LogP contribution in [0.4, 0.5) is 0 Å². The molecule has 1 N–H and O–H groups in total. The van der Waals surface area contributed by atoms with Gasteiger partial charge in [-0.15, -0.1) is 10.2 Å². The molecule has 0 aliphatic heterocycles. The Kier molecular flexibility index (Phi) is 4.23. The molecule has 1 aliphatic carbocycles. The van der Waals surface area contributed by atoms with Gasteiger partial charge in [0.05, 0.1) is 5.92 Å². The van der Waals surface area contributed by atoms with Crippen molar-refractivity contribution in [2.75, 3.05) is 0 Å². The standard InChI is InChI=1S/C15H18N4O2/c20-15(21-10-14-16-18-19-17-14)13-8-6-12(7-9-13)11-4-2-1-3-5-11/h1-5,12-13H,6-10H2,(H,16,17,18,19). The van der Waals surface area contributed by atoms with Crippen LogP contribution in [0.25, 0.3) is 0 Å². The second kappa shape index (κ2) is 6.47. The van der Waals surface area contributed by atoms with Crippen molar-refractivity contribution in [1.29, 1.82) is 0 Å². The predicted octanol–water partition coefficient (Wildman–Crippen LogP) is 2.22. The van der Waals surface area contributed by atoms with Crippen molar-refractivity contribution in [2.24, 2.45) is 5.92 Å². The van der Waals surface area contributed by atoms with E-state index in [1.807, 2.05) is 6.07 Å². The van der Waals surface area contributed by atoms with Crippen LogP contribution in [0.3, 0.4) is 0 Å². The highest BCUT2D eigenvalue weighted by Gasteiger charge is 2.28. The molecule has 0 spiro atoms. The zero-order valence-corrected chi connectivity index (χ0v) is 11.7. The van der Waals surface area contributed by atoms with Crippen LogP contribution in [0, 0.1) is 5.92 Å². The number of carbonyl (C=O) groups excluding carboxylic acids is 1. The molecule has 0 saturated heterocycles. The quantitative estimate of drug-likeness (QED) is 0.872. The number of nitrogens with zero attached hydrogens (tertiary/aromatic N) is 3. The number of aromatic amines is 1. The third-order valence-electron chi connectivity index (χ3n) is 4.06. The monoisotopic (exact) mass is 286 g/mol. The number of rotatable bonds is 4. The minimum Gasteiger partial charge on any atom is -0.457 e. The molecule has 6 heteroatoms. The Labute approximate surface area is 122 Å². The zero-order chi connectivity index (χ0) is 14.5. The molecular weight excluding hydrogens is 268 g/mol. The Balaban J connectivity index is 1.48. The van der Waals surface area contributed by atoms with Gasteiger partial charge < -0.3 is 4.74 Å². The summed E-state index contributed by atoms with van der Waals surface area (Å²) in [5, 5.41) is 13.3. The highest BCUT2D eigenvalue weighted by Crippen LogP contribution is 2.36. The number of aromatic nitrogens is 4. The molecule has 1 fully saturated rings. The molecule has 1 aromatic heterocycles. The normalized spacial score (nSPS) is 21.9. The van der Waals surface area contributed by atoms with E-state index in [9.17, 15) is 4.79 Å². The Morgan fingerprint density at radius 1 is 1.19 bits per heavy atom. The molecule has 3 rings (SSSR count). The smallest absolute Gasteiger partial charge is 0.309 e. The fourth-order valence-corrected chi connectivity index (χ4v) is 2.88. The van der Waals surface area contributed by atoms with Crippen molar-refractivity contribution in [3.8, 4) is 0 Å². The van der Waals surface area contributed by atoms with Gasteiger partial charge in [0.25, 0.3) is 0 Å². The third-order valence-corrected chi connectivity index (χ3v) is 4.06. The number of tetrazole rings is 1. The van der Waals surface area contributed by atoms with Gasteiger partial charge in [-0.05, 0) is 37.2 Å². The van der Waals surface area contributed by atoms with E-state index >= 15 is 0 Å². The Bertz CT molecular complexity index is 563. The predicted molar refractivity (Wildman–Crippen MR) is 75.1 cm³/mol. The van der Waals surface area contributed by atoms with Gasteiger partial charge in [-0.25, -0.2) is 0 Å². The van der Waals surface area contributed by atoms with Crippen LogP contribution in [0.5, 0.6) is 0 Å². The molecule has 0 unspecified atom stereocenters. The van der Waals surface area contributed by atoms with Crippen molar-refractivity contribution in [3.63, 3.8) is 0 Å². The zero-order valence-electron chi connectivity index (χ0n) is 11.7. The van der Waals surface area contributed by atoms with Crippen molar-refractivity contribution in [2.45, 2.75) is 38.2 Å². The number of H-pyrrole nitrogens is 1. The van der Waals surface area contributed by atoms with Gasteiger partial charge in [0.15, 0.2) is 6.61 Å². The summed E-state index contributed by atoms with van der Waals surface area (Å²) in [5.74, 6) is 0.817. The summed E-state index contributed by atoms with van der Waals surface area (Å²) in [6.07, 6.45) is 3.83. The minimum atomic E-state index is -0.147. The molecule has 1 saturated carbocycles. The van der Waals surface area contributed by atoms with E-state index in [0.29, 0.717) is 11.7 Å². The topological polar surface area (TPSA) is 80.8 Å². The van der Waals surface area contributed by atoms with Gasteiger partial charge in [0.2, 0.25) is 5.82 Å². The molecule has 2 aromatic rings. The van der Waals surface area contributed by atoms with Crippen molar-refractivity contribution >= 4 is 5.97 Å². The molecule has 1 aliphatic rings. The third kappa shape index (κ3) is 3.45. The fraction of sp³-hybridized carbons (Fsp3) is 0.467. The first-order valence-corrected chi connectivity index (χ1v) is 7.27.